The minimum Gasteiger partial charge on any atom is -0.383 e. The number of nitrogens with one attached hydrogen (secondary N) is 1. The minimum absolute atomic E-state index is 0.187. The smallest absolute Gasteiger partial charge is 0.257 e. The van der Waals surface area contributed by atoms with Crippen LogP contribution in [0.25, 0.3) is 0 Å². The number of amides is 1. The van der Waals surface area contributed by atoms with Gasteiger partial charge < -0.3 is 11.1 Å². The average molecular weight is 192 g/mol. The van der Waals surface area contributed by atoms with Gasteiger partial charge in [0.15, 0.2) is 0 Å². The lowest BCUT2D eigenvalue weighted by molar-refractivity contribution is 0.0959. The highest BCUT2D eigenvalue weighted by molar-refractivity contribution is 5.99. The first-order chi connectivity index (χ1) is 6.57. The van der Waals surface area contributed by atoms with E-state index in [1.54, 1.807) is 14.0 Å². The molecule has 5 nitrogen and oxygen atoms in total. The number of hydrogen-bond acceptors (Lipinski definition) is 3. The molecule has 14 heavy (non-hydrogen) atoms. The molecule has 1 heterocycles. The van der Waals surface area contributed by atoms with Gasteiger partial charge in [-0.15, -0.1) is 6.42 Å². The molecule has 0 saturated heterocycles. The fourth-order valence-electron chi connectivity index (χ4n) is 1.18. The summed E-state index contributed by atoms with van der Waals surface area (Å²) < 4.78 is 1.46. The van der Waals surface area contributed by atoms with Crippen molar-refractivity contribution in [2.75, 3.05) is 12.3 Å². The van der Waals surface area contributed by atoms with Crippen LogP contribution in [0.3, 0.4) is 0 Å². The zero-order chi connectivity index (χ0) is 10.7. The second-order valence-corrected chi connectivity index (χ2v) is 2.86. The second-order valence-electron chi connectivity index (χ2n) is 2.86. The van der Waals surface area contributed by atoms with Crippen LogP contribution < -0.4 is 11.1 Å². The third-order valence-electron chi connectivity index (χ3n) is 1.84. The van der Waals surface area contributed by atoms with Gasteiger partial charge in [0.1, 0.15) is 11.4 Å². The molecule has 0 unspecified atom stereocenters. The molecule has 0 saturated carbocycles. The molecule has 0 radical (unpaired) electrons. The van der Waals surface area contributed by atoms with Gasteiger partial charge in [0.05, 0.1) is 12.2 Å². The van der Waals surface area contributed by atoms with Crippen molar-refractivity contribution in [2.45, 2.75) is 6.92 Å². The van der Waals surface area contributed by atoms with E-state index in [1.165, 1.54) is 4.68 Å². The minimum atomic E-state index is -0.286. The first-order valence-electron chi connectivity index (χ1n) is 4.08. The fourth-order valence-corrected chi connectivity index (χ4v) is 1.18. The SMILES string of the molecule is C#CCNC(=O)c1c(C)nn(C)c1N. The number of carbonyl (C=O) groups is 1. The van der Waals surface area contributed by atoms with Crippen molar-refractivity contribution >= 4 is 11.7 Å². The van der Waals surface area contributed by atoms with Crippen LogP contribution in [0.1, 0.15) is 16.1 Å². The highest BCUT2D eigenvalue weighted by atomic mass is 16.1. The van der Waals surface area contributed by atoms with Crippen molar-refractivity contribution in [3.8, 4) is 12.3 Å². The molecule has 0 aliphatic rings. The van der Waals surface area contributed by atoms with Gasteiger partial charge in [-0.3, -0.25) is 9.48 Å². The van der Waals surface area contributed by atoms with Crippen molar-refractivity contribution in [1.29, 1.82) is 0 Å². The lowest BCUT2D eigenvalue weighted by Crippen LogP contribution is -2.24. The summed E-state index contributed by atoms with van der Waals surface area (Å²) >= 11 is 0. The maximum Gasteiger partial charge on any atom is 0.257 e. The molecule has 74 valence electrons. The van der Waals surface area contributed by atoms with E-state index in [9.17, 15) is 4.79 Å². The number of carbonyl (C=O) groups excluding carboxylic acids is 1. The summed E-state index contributed by atoms with van der Waals surface area (Å²) in [6.07, 6.45) is 5.02. The van der Waals surface area contributed by atoms with Crippen molar-refractivity contribution in [3.63, 3.8) is 0 Å². The number of nitrogen functional groups attached to an aromatic ring is 1. The van der Waals surface area contributed by atoms with E-state index in [1.807, 2.05) is 0 Å². The lowest BCUT2D eigenvalue weighted by atomic mass is 10.2. The van der Waals surface area contributed by atoms with Crippen LogP contribution >= 0.6 is 0 Å². The van der Waals surface area contributed by atoms with Crippen LogP contribution in [-0.4, -0.2) is 22.2 Å². The van der Waals surface area contributed by atoms with Crippen molar-refractivity contribution < 1.29 is 4.79 Å². The Kier molecular flexibility index (Phi) is 2.77. The number of terminal acetylenes is 1. The van der Waals surface area contributed by atoms with Crippen LogP contribution in [0.2, 0.25) is 0 Å². The molecular formula is C9H12N4O. The zero-order valence-electron chi connectivity index (χ0n) is 8.16. The van der Waals surface area contributed by atoms with E-state index in [0.717, 1.165) is 0 Å². The van der Waals surface area contributed by atoms with E-state index in [-0.39, 0.29) is 12.5 Å². The molecule has 5 heteroatoms. The largest absolute Gasteiger partial charge is 0.383 e. The van der Waals surface area contributed by atoms with Crippen molar-refractivity contribution in [2.24, 2.45) is 7.05 Å². The van der Waals surface area contributed by atoms with Gasteiger partial charge in [-0.25, -0.2) is 0 Å². The third kappa shape index (κ3) is 1.69. The van der Waals surface area contributed by atoms with Gasteiger partial charge in [-0.1, -0.05) is 5.92 Å². The number of hydrogen-bond donors (Lipinski definition) is 2. The Morgan fingerprint density at radius 2 is 2.43 bits per heavy atom. The summed E-state index contributed by atoms with van der Waals surface area (Å²) in [5.74, 6) is 2.37. The maximum atomic E-state index is 11.5. The monoisotopic (exact) mass is 192 g/mol. The van der Waals surface area contributed by atoms with Gasteiger partial charge in [-0.2, -0.15) is 5.10 Å². The predicted octanol–water partition coefficient (Wildman–Crippen LogP) is -0.326. The quantitative estimate of drug-likeness (QED) is 0.630. The Morgan fingerprint density at radius 3 is 2.86 bits per heavy atom. The first-order valence-corrected chi connectivity index (χ1v) is 4.08. The van der Waals surface area contributed by atoms with Crippen LogP contribution in [0.4, 0.5) is 5.82 Å². The zero-order valence-corrected chi connectivity index (χ0v) is 8.16. The molecule has 1 rings (SSSR count). The van der Waals surface area contributed by atoms with Gasteiger partial charge >= 0.3 is 0 Å². The van der Waals surface area contributed by atoms with E-state index in [4.69, 9.17) is 12.2 Å². The molecule has 0 bridgehead atoms. The lowest BCUT2D eigenvalue weighted by Gasteiger charge is -2.01. The molecule has 0 spiro atoms. The van der Waals surface area contributed by atoms with Crippen LogP contribution in [0.5, 0.6) is 0 Å². The Balaban J connectivity index is 2.96. The highest BCUT2D eigenvalue weighted by Crippen LogP contribution is 2.14. The number of rotatable bonds is 2. The Labute approximate surface area is 82.3 Å². The maximum absolute atomic E-state index is 11.5. The topological polar surface area (TPSA) is 72.9 Å². The van der Waals surface area contributed by atoms with Crippen LogP contribution in [0.15, 0.2) is 0 Å². The van der Waals surface area contributed by atoms with E-state index in [2.05, 4.69) is 16.3 Å². The molecule has 1 aromatic rings. The summed E-state index contributed by atoms with van der Waals surface area (Å²) in [6.45, 7) is 1.91. The number of aromatic nitrogens is 2. The molecule has 1 amide bonds. The summed E-state index contributed by atoms with van der Waals surface area (Å²) in [7, 11) is 1.68. The van der Waals surface area contributed by atoms with Crippen molar-refractivity contribution in [1.82, 2.24) is 15.1 Å². The Morgan fingerprint density at radius 1 is 1.79 bits per heavy atom. The second kappa shape index (κ2) is 3.83. The van der Waals surface area contributed by atoms with Crippen LogP contribution in [-0.2, 0) is 7.05 Å². The third-order valence-corrected chi connectivity index (χ3v) is 1.84. The standard InChI is InChI=1S/C9H12N4O/c1-4-5-11-9(14)7-6(2)12-13(3)8(7)10/h1H,5,10H2,2-3H3,(H,11,14). The van der Waals surface area contributed by atoms with E-state index < -0.39 is 0 Å². The molecule has 0 aliphatic heterocycles. The van der Waals surface area contributed by atoms with Crippen LogP contribution in [0, 0.1) is 19.3 Å². The number of anilines is 1. The van der Waals surface area contributed by atoms with Gasteiger partial charge in [-0.05, 0) is 6.92 Å². The fraction of sp³-hybridized carbons (Fsp3) is 0.333. The van der Waals surface area contributed by atoms with Crippen molar-refractivity contribution in [3.05, 3.63) is 11.3 Å². The summed E-state index contributed by atoms with van der Waals surface area (Å²) in [4.78, 5) is 11.5. The van der Waals surface area contributed by atoms with Gasteiger partial charge in [0, 0.05) is 7.05 Å². The predicted molar refractivity (Wildman–Crippen MR) is 53.5 cm³/mol. The van der Waals surface area contributed by atoms with Gasteiger partial charge in [0.25, 0.3) is 5.91 Å². The highest BCUT2D eigenvalue weighted by Gasteiger charge is 2.17. The summed E-state index contributed by atoms with van der Waals surface area (Å²) in [5.41, 5.74) is 6.65. The Hall–Kier alpha value is -1.96. The molecule has 0 aromatic carbocycles. The summed E-state index contributed by atoms with van der Waals surface area (Å²) in [6, 6.07) is 0. The van der Waals surface area contributed by atoms with E-state index >= 15 is 0 Å². The number of aryl methyl sites for hydroxylation is 2. The molecule has 0 atom stereocenters. The molecule has 1 aromatic heterocycles. The molecule has 0 aliphatic carbocycles. The number of nitrogens with zero attached hydrogens (tertiary/aromatic N) is 2. The molecule has 3 N–H and O–H groups in total. The normalized spacial score (nSPS) is 9.50. The first kappa shape index (κ1) is 10.1. The molecule has 0 fully saturated rings. The Bertz CT molecular complexity index is 400. The van der Waals surface area contributed by atoms with Gasteiger partial charge in [0.2, 0.25) is 0 Å². The molecular weight excluding hydrogens is 180 g/mol. The summed E-state index contributed by atoms with van der Waals surface area (Å²) in [5, 5.41) is 6.55. The average Bonchev–Trinajstić information content (AvgIpc) is 2.38. The van der Waals surface area contributed by atoms with E-state index in [0.29, 0.717) is 17.1 Å². The number of nitrogens with two attached hydrogens (primary N) is 1.